The predicted molar refractivity (Wildman–Crippen MR) is 132 cm³/mol. The number of piperidine rings is 1. The van der Waals surface area contributed by atoms with Gasteiger partial charge < -0.3 is 14.1 Å². The molecule has 2 aromatic carbocycles. The van der Waals surface area contributed by atoms with Gasteiger partial charge in [-0.1, -0.05) is 36.4 Å². The van der Waals surface area contributed by atoms with Crippen molar-refractivity contribution in [1.82, 2.24) is 14.8 Å². The van der Waals surface area contributed by atoms with Crippen LogP contribution < -0.4 is 0 Å². The van der Waals surface area contributed by atoms with Crippen molar-refractivity contribution in [2.45, 2.75) is 45.8 Å². The average Bonchev–Trinajstić information content (AvgIpc) is 3.38. The Labute approximate surface area is 215 Å². The minimum Gasteiger partial charge on any atom is -0.466 e. The summed E-state index contributed by atoms with van der Waals surface area (Å²) in [6.07, 6.45) is 2.69. The zero-order valence-corrected chi connectivity index (χ0v) is 21.0. The van der Waals surface area contributed by atoms with E-state index in [1.54, 1.807) is 11.8 Å². The van der Waals surface area contributed by atoms with Gasteiger partial charge in [0.2, 0.25) is 5.89 Å². The molecule has 196 valence electrons. The molecule has 7 nitrogen and oxygen atoms in total. The highest BCUT2D eigenvalue weighted by Gasteiger charge is 2.31. The SMILES string of the molecule is CCOC(=O)[C@H]1CCCN(C(=O)c2coc(CN(Cc3ccc(F)cc3F)[C@@H](C)c3ccccc3)n2)C1. The second kappa shape index (κ2) is 12.1. The monoisotopic (exact) mass is 511 g/mol. The maximum absolute atomic E-state index is 14.5. The van der Waals surface area contributed by atoms with Crippen LogP contribution in [0, 0.1) is 17.6 Å². The molecule has 1 fully saturated rings. The highest BCUT2D eigenvalue weighted by Crippen LogP contribution is 2.26. The van der Waals surface area contributed by atoms with Gasteiger partial charge in [-0.05, 0) is 38.3 Å². The lowest BCUT2D eigenvalue weighted by Crippen LogP contribution is -2.43. The fourth-order valence-electron chi connectivity index (χ4n) is 4.57. The normalized spacial score (nSPS) is 16.6. The van der Waals surface area contributed by atoms with Crippen LogP contribution in [0.4, 0.5) is 8.78 Å². The number of oxazole rings is 1. The van der Waals surface area contributed by atoms with E-state index in [1.165, 1.54) is 18.4 Å². The van der Waals surface area contributed by atoms with E-state index in [0.717, 1.165) is 11.6 Å². The zero-order valence-electron chi connectivity index (χ0n) is 21.0. The highest BCUT2D eigenvalue weighted by atomic mass is 19.1. The first kappa shape index (κ1) is 26.5. The number of ether oxygens (including phenoxy) is 1. The topological polar surface area (TPSA) is 75.9 Å². The molecule has 0 N–H and O–H groups in total. The predicted octanol–water partition coefficient (Wildman–Crippen LogP) is 5.13. The standard InChI is InChI=1S/C28H31F2N3O4/c1-3-36-28(35)22-10-7-13-32(16-22)27(34)25-18-37-26(31-25)17-33(19(2)20-8-5-4-6-9-20)15-21-11-12-23(29)14-24(21)30/h4-6,8-9,11-12,14,18-19,22H,3,7,10,13,15-17H2,1-2H3/t19-,22-/m0/s1. The molecule has 0 unspecified atom stereocenters. The molecular weight excluding hydrogens is 480 g/mol. The van der Waals surface area contributed by atoms with Crippen molar-refractivity contribution in [1.29, 1.82) is 0 Å². The lowest BCUT2D eigenvalue weighted by Gasteiger charge is -2.31. The van der Waals surface area contributed by atoms with Gasteiger partial charge in [0, 0.05) is 37.3 Å². The van der Waals surface area contributed by atoms with Crippen molar-refractivity contribution < 1.29 is 27.5 Å². The number of carbonyl (C=O) groups is 2. The number of amides is 1. The maximum atomic E-state index is 14.5. The number of hydrogen-bond donors (Lipinski definition) is 0. The summed E-state index contributed by atoms with van der Waals surface area (Å²) >= 11 is 0. The maximum Gasteiger partial charge on any atom is 0.310 e. The molecule has 2 heterocycles. The summed E-state index contributed by atoms with van der Waals surface area (Å²) in [7, 11) is 0. The molecule has 9 heteroatoms. The van der Waals surface area contributed by atoms with E-state index in [1.807, 2.05) is 42.2 Å². The second-order valence-electron chi connectivity index (χ2n) is 9.20. The summed E-state index contributed by atoms with van der Waals surface area (Å²) in [6.45, 7) is 5.23. The molecule has 0 saturated carbocycles. The third-order valence-corrected chi connectivity index (χ3v) is 6.66. The quantitative estimate of drug-likeness (QED) is 0.371. The van der Waals surface area contributed by atoms with Crippen molar-refractivity contribution in [3.05, 3.63) is 89.1 Å². The van der Waals surface area contributed by atoms with Gasteiger partial charge in [0.1, 0.15) is 17.9 Å². The number of esters is 1. The van der Waals surface area contributed by atoms with E-state index in [9.17, 15) is 18.4 Å². The van der Waals surface area contributed by atoms with Crippen LogP contribution in [0.15, 0.2) is 59.2 Å². The first-order chi connectivity index (χ1) is 17.9. The Bertz CT molecular complexity index is 1220. The number of aromatic nitrogens is 1. The number of rotatable bonds is 9. The van der Waals surface area contributed by atoms with Crippen molar-refractivity contribution in [2.75, 3.05) is 19.7 Å². The van der Waals surface area contributed by atoms with Gasteiger partial charge >= 0.3 is 5.97 Å². The Hall–Kier alpha value is -3.59. The Morgan fingerprint density at radius 3 is 2.70 bits per heavy atom. The molecule has 0 bridgehead atoms. The minimum atomic E-state index is -0.636. The first-order valence-corrected chi connectivity index (χ1v) is 12.5. The van der Waals surface area contributed by atoms with Gasteiger partial charge in [0.15, 0.2) is 5.69 Å². The van der Waals surface area contributed by atoms with Crippen molar-refractivity contribution in [3.63, 3.8) is 0 Å². The molecule has 0 aliphatic carbocycles. The van der Waals surface area contributed by atoms with E-state index in [2.05, 4.69) is 4.98 Å². The van der Waals surface area contributed by atoms with Crippen molar-refractivity contribution in [3.8, 4) is 0 Å². The molecule has 2 atom stereocenters. The number of carbonyl (C=O) groups excluding carboxylic acids is 2. The third kappa shape index (κ3) is 6.60. The van der Waals surface area contributed by atoms with Crippen LogP contribution in [0.5, 0.6) is 0 Å². The summed E-state index contributed by atoms with van der Waals surface area (Å²) in [5, 5.41) is 0. The number of halogens is 2. The molecule has 1 saturated heterocycles. The molecule has 37 heavy (non-hydrogen) atoms. The van der Waals surface area contributed by atoms with Gasteiger partial charge in [0.25, 0.3) is 5.91 Å². The minimum absolute atomic E-state index is 0.149. The van der Waals surface area contributed by atoms with Crippen LogP contribution >= 0.6 is 0 Å². The summed E-state index contributed by atoms with van der Waals surface area (Å²) in [4.78, 5) is 33.2. The average molecular weight is 512 g/mol. The first-order valence-electron chi connectivity index (χ1n) is 12.5. The molecule has 1 aliphatic rings. The molecule has 1 aliphatic heterocycles. The molecule has 1 aromatic heterocycles. The third-order valence-electron chi connectivity index (χ3n) is 6.66. The number of likely N-dealkylation sites (tertiary alicyclic amines) is 1. The Kier molecular flexibility index (Phi) is 8.66. The van der Waals surface area contributed by atoms with E-state index in [-0.39, 0.29) is 49.2 Å². The molecule has 0 spiro atoms. The Balaban J connectivity index is 1.50. The summed E-state index contributed by atoms with van der Waals surface area (Å²) in [6, 6.07) is 13.1. The Morgan fingerprint density at radius 2 is 1.97 bits per heavy atom. The summed E-state index contributed by atoms with van der Waals surface area (Å²) in [5.41, 5.74) is 1.50. The van der Waals surface area contributed by atoms with Crippen molar-refractivity contribution in [2.24, 2.45) is 5.92 Å². The van der Waals surface area contributed by atoms with Gasteiger partial charge in [-0.3, -0.25) is 14.5 Å². The molecule has 4 rings (SSSR count). The molecular formula is C28H31F2N3O4. The fourth-order valence-corrected chi connectivity index (χ4v) is 4.57. The lowest BCUT2D eigenvalue weighted by atomic mass is 9.98. The van der Waals surface area contributed by atoms with Gasteiger partial charge in [0.05, 0.1) is 19.1 Å². The number of benzene rings is 2. The van der Waals surface area contributed by atoms with Crippen molar-refractivity contribution >= 4 is 11.9 Å². The zero-order chi connectivity index (χ0) is 26.4. The van der Waals surface area contributed by atoms with E-state index in [0.29, 0.717) is 37.4 Å². The number of hydrogen-bond acceptors (Lipinski definition) is 6. The molecule has 3 aromatic rings. The smallest absolute Gasteiger partial charge is 0.310 e. The van der Waals surface area contributed by atoms with Crippen LogP contribution in [-0.4, -0.2) is 46.4 Å². The van der Waals surface area contributed by atoms with Crippen LogP contribution in [-0.2, 0) is 22.6 Å². The van der Waals surface area contributed by atoms with Crippen LogP contribution in [0.1, 0.15) is 60.2 Å². The van der Waals surface area contributed by atoms with E-state index >= 15 is 0 Å². The van der Waals surface area contributed by atoms with E-state index in [4.69, 9.17) is 9.15 Å². The van der Waals surface area contributed by atoms with Gasteiger partial charge in [-0.15, -0.1) is 0 Å². The molecule has 1 amide bonds. The van der Waals surface area contributed by atoms with Crippen LogP contribution in [0.3, 0.4) is 0 Å². The lowest BCUT2D eigenvalue weighted by molar-refractivity contribution is -0.149. The summed E-state index contributed by atoms with van der Waals surface area (Å²) < 4.78 is 38.7. The van der Waals surface area contributed by atoms with Gasteiger partial charge in [-0.2, -0.15) is 0 Å². The summed E-state index contributed by atoms with van der Waals surface area (Å²) in [5.74, 6) is -1.92. The molecule has 0 radical (unpaired) electrons. The second-order valence-corrected chi connectivity index (χ2v) is 9.20. The van der Waals surface area contributed by atoms with Gasteiger partial charge in [-0.25, -0.2) is 13.8 Å². The Morgan fingerprint density at radius 1 is 1.19 bits per heavy atom. The highest BCUT2D eigenvalue weighted by molar-refractivity contribution is 5.92. The number of nitrogens with zero attached hydrogens (tertiary/aromatic N) is 3. The van der Waals surface area contributed by atoms with E-state index < -0.39 is 11.6 Å². The van der Waals surface area contributed by atoms with Crippen LogP contribution in [0.2, 0.25) is 0 Å². The van der Waals surface area contributed by atoms with Crippen LogP contribution in [0.25, 0.3) is 0 Å². The largest absolute Gasteiger partial charge is 0.466 e. The fraction of sp³-hybridized carbons (Fsp3) is 0.393.